The molecule has 1 aromatic heterocycles. The standard InChI is InChI=1S/C15H21N3O/c1-4-13(15-16-7-8-17-15)18-11(3)12-9-10(2)5-6-14(12)19/h5-9,11,13,18-19H,4H2,1-3H3,(H,16,17). The number of imidazole rings is 1. The number of nitrogens with zero attached hydrogens (tertiary/aromatic N) is 1. The van der Waals surface area contributed by atoms with E-state index in [1.54, 1.807) is 12.3 Å². The molecule has 0 bridgehead atoms. The van der Waals surface area contributed by atoms with E-state index >= 15 is 0 Å². The molecule has 4 nitrogen and oxygen atoms in total. The van der Waals surface area contributed by atoms with Crippen LogP contribution in [0.1, 0.15) is 49.3 Å². The zero-order valence-corrected chi connectivity index (χ0v) is 11.6. The van der Waals surface area contributed by atoms with Crippen LogP contribution in [0.4, 0.5) is 0 Å². The summed E-state index contributed by atoms with van der Waals surface area (Å²) in [6, 6.07) is 5.90. The molecule has 1 heterocycles. The van der Waals surface area contributed by atoms with Crippen LogP contribution in [0.2, 0.25) is 0 Å². The maximum absolute atomic E-state index is 9.96. The van der Waals surface area contributed by atoms with Gasteiger partial charge in [0, 0.05) is 24.0 Å². The number of hydrogen-bond acceptors (Lipinski definition) is 3. The van der Waals surface area contributed by atoms with Gasteiger partial charge in [0.25, 0.3) is 0 Å². The number of phenolic OH excluding ortho intramolecular Hbond substituents is 1. The lowest BCUT2D eigenvalue weighted by atomic mass is 10.0. The van der Waals surface area contributed by atoms with Crippen molar-refractivity contribution in [3.63, 3.8) is 0 Å². The van der Waals surface area contributed by atoms with E-state index in [0.29, 0.717) is 5.75 Å². The van der Waals surface area contributed by atoms with Crippen LogP contribution in [0, 0.1) is 6.92 Å². The van der Waals surface area contributed by atoms with Crippen LogP contribution in [0.5, 0.6) is 5.75 Å². The molecule has 2 rings (SSSR count). The van der Waals surface area contributed by atoms with E-state index < -0.39 is 0 Å². The molecule has 0 fully saturated rings. The molecule has 2 unspecified atom stereocenters. The molecule has 0 aliphatic heterocycles. The van der Waals surface area contributed by atoms with Crippen molar-refractivity contribution in [2.24, 2.45) is 0 Å². The molecule has 0 aliphatic rings. The van der Waals surface area contributed by atoms with Crippen LogP contribution in [0.3, 0.4) is 0 Å². The van der Waals surface area contributed by atoms with E-state index in [1.807, 2.05) is 25.3 Å². The SMILES string of the molecule is CCC(NC(C)c1cc(C)ccc1O)c1ncc[nH]1. The predicted molar refractivity (Wildman–Crippen MR) is 76.0 cm³/mol. The largest absolute Gasteiger partial charge is 0.508 e. The predicted octanol–water partition coefficient (Wildman–Crippen LogP) is 3.23. The second-order valence-electron chi connectivity index (χ2n) is 4.89. The van der Waals surface area contributed by atoms with Gasteiger partial charge < -0.3 is 15.4 Å². The lowest BCUT2D eigenvalue weighted by Crippen LogP contribution is -2.25. The summed E-state index contributed by atoms with van der Waals surface area (Å²) in [5.74, 6) is 1.27. The highest BCUT2D eigenvalue weighted by Crippen LogP contribution is 2.27. The molecule has 102 valence electrons. The van der Waals surface area contributed by atoms with Crippen molar-refractivity contribution in [1.29, 1.82) is 0 Å². The minimum atomic E-state index is 0.0648. The van der Waals surface area contributed by atoms with Gasteiger partial charge in [0.2, 0.25) is 0 Å². The van der Waals surface area contributed by atoms with Crippen LogP contribution in [-0.2, 0) is 0 Å². The van der Waals surface area contributed by atoms with Gasteiger partial charge in [-0.15, -0.1) is 0 Å². The van der Waals surface area contributed by atoms with Crippen LogP contribution in [-0.4, -0.2) is 15.1 Å². The number of aryl methyl sites for hydroxylation is 1. The average Bonchev–Trinajstić information content (AvgIpc) is 2.92. The number of H-pyrrole nitrogens is 1. The quantitative estimate of drug-likeness (QED) is 0.772. The Balaban J connectivity index is 2.15. The molecule has 19 heavy (non-hydrogen) atoms. The molecule has 0 saturated carbocycles. The minimum Gasteiger partial charge on any atom is -0.508 e. The Bertz CT molecular complexity index is 522. The summed E-state index contributed by atoms with van der Waals surface area (Å²) in [7, 11) is 0. The van der Waals surface area contributed by atoms with Gasteiger partial charge >= 0.3 is 0 Å². The Morgan fingerprint density at radius 1 is 1.42 bits per heavy atom. The topological polar surface area (TPSA) is 60.9 Å². The molecule has 1 aromatic carbocycles. The van der Waals surface area contributed by atoms with Crippen molar-refractivity contribution in [2.45, 2.75) is 39.3 Å². The lowest BCUT2D eigenvalue weighted by molar-refractivity contribution is 0.416. The number of rotatable bonds is 5. The zero-order chi connectivity index (χ0) is 13.8. The van der Waals surface area contributed by atoms with Crippen LogP contribution < -0.4 is 5.32 Å². The van der Waals surface area contributed by atoms with Crippen molar-refractivity contribution in [3.8, 4) is 5.75 Å². The van der Waals surface area contributed by atoms with Gasteiger partial charge in [-0.05, 0) is 26.3 Å². The van der Waals surface area contributed by atoms with Crippen LogP contribution >= 0.6 is 0 Å². The Morgan fingerprint density at radius 2 is 2.21 bits per heavy atom. The summed E-state index contributed by atoms with van der Waals surface area (Å²) >= 11 is 0. The van der Waals surface area contributed by atoms with E-state index in [2.05, 4.69) is 29.1 Å². The summed E-state index contributed by atoms with van der Waals surface area (Å²) < 4.78 is 0. The Labute approximate surface area is 113 Å². The van der Waals surface area contributed by atoms with Gasteiger partial charge in [-0.1, -0.05) is 24.6 Å². The van der Waals surface area contributed by atoms with Gasteiger partial charge in [0.1, 0.15) is 11.6 Å². The average molecular weight is 259 g/mol. The summed E-state index contributed by atoms with van der Waals surface area (Å²) in [4.78, 5) is 7.43. The maximum atomic E-state index is 9.96. The van der Waals surface area contributed by atoms with E-state index in [1.165, 1.54) is 0 Å². The minimum absolute atomic E-state index is 0.0648. The third kappa shape index (κ3) is 3.15. The third-order valence-electron chi connectivity index (χ3n) is 3.36. The second-order valence-corrected chi connectivity index (χ2v) is 4.89. The number of aromatic amines is 1. The van der Waals surface area contributed by atoms with Crippen LogP contribution in [0.25, 0.3) is 0 Å². The fourth-order valence-corrected chi connectivity index (χ4v) is 2.27. The van der Waals surface area contributed by atoms with Gasteiger partial charge in [0.15, 0.2) is 0 Å². The molecule has 3 N–H and O–H groups in total. The first-order valence-corrected chi connectivity index (χ1v) is 6.66. The zero-order valence-electron chi connectivity index (χ0n) is 11.6. The Hall–Kier alpha value is -1.81. The van der Waals surface area contributed by atoms with E-state index in [4.69, 9.17) is 0 Å². The van der Waals surface area contributed by atoms with Gasteiger partial charge in [-0.3, -0.25) is 0 Å². The van der Waals surface area contributed by atoms with E-state index in [0.717, 1.165) is 23.4 Å². The van der Waals surface area contributed by atoms with Crippen molar-refractivity contribution < 1.29 is 5.11 Å². The molecular weight excluding hydrogens is 238 g/mol. The number of aromatic nitrogens is 2. The summed E-state index contributed by atoms with van der Waals surface area (Å²) in [5.41, 5.74) is 2.07. The van der Waals surface area contributed by atoms with Crippen molar-refractivity contribution >= 4 is 0 Å². The fraction of sp³-hybridized carbons (Fsp3) is 0.400. The third-order valence-corrected chi connectivity index (χ3v) is 3.36. The van der Waals surface area contributed by atoms with Crippen molar-refractivity contribution in [3.05, 3.63) is 47.5 Å². The monoisotopic (exact) mass is 259 g/mol. The molecule has 0 saturated heterocycles. The first-order valence-electron chi connectivity index (χ1n) is 6.66. The molecule has 0 amide bonds. The highest BCUT2D eigenvalue weighted by molar-refractivity contribution is 5.37. The smallest absolute Gasteiger partial charge is 0.123 e. The highest BCUT2D eigenvalue weighted by atomic mass is 16.3. The summed E-state index contributed by atoms with van der Waals surface area (Å²) in [6.45, 7) is 6.20. The van der Waals surface area contributed by atoms with Gasteiger partial charge in [-0.2, -0.15) is 0 Å². The molecule has 0 aliphatic carbocycles. The van der Waals surface area contributed by atoms with E-state index in [9.17, 15) is 5.11 Å². The number of aromatic hydroxyl groups is 1. The number of nitrogens with one attached hydrogen (secondary N) is 2. The normalized spacial score (nSPS) is 14.3. The number of phenols is 1. The van der Waals surface area contributed by atoms with Crippen molar-refractivity contribution in [1.82, 2.24) is 15.3 Å². The molecular formula is C15H21N3O. The molecule has 4 heteroatoms. The van der Waals surface area contributed by atoms with Gasteiger partial charge in [-0.25, -0.2) is 4.98 Å². The summed E-state index contributed by atoms with van der Waals surface area (Å²) in [5, 5.41) is 13.5. The second kappa shape index (κ2) is 5.89. The lowest BCUT2D eigenvalue weighted by Gasteiger charge is -2.22. The Morgan fingerprint density at radius 3 is 2.84 bits per heavy atom. The molecule has 0 spiro atoms. The first-order chi connectivity index (χ1) is 9.11. The van der Waals surface area contributed by atoms with Crippen LogP contribution in [0.15, 0.2) is 30.6 Å². The first kappa shape index (κ1) is 13.6. The van der Waals surface area contributed by atoms with Gasteiger partial charge in [0.05, 0.1) is 6.04 Å². The molecule has 0 radical (unpaired) electrons. The maximum Gasteiger partial charge on any atom is 0.123 e. The molecule has 2 aromatic rings. The Kier molecular flexibility index (Phi) is 4.22. The van der Waals surface area contributed by atoms with Crippen molar-refractivity contribution in [2.75, 3.05) is 0 Å². The summed E-state index contributed by atoms with van der Waals surface area (Å²) in [6.07, 6.45) is 4.52. The highest BCUT2D eigenvalue weighted by Gasteiger charge is 2.17. The number of benzene rings is 1. The molecule has 2 atom stereocenters. The number of hydrogen-bond donors (Lipinski definition) is 3. The van der Waals surface area contributed by atoms with E-state index in [-0.39, 0.29) is 12.1 Å². The fourth-order valence-electron chi connectivity index (χ4n) is 2.27.